The lowest BCUT2D eigenvalue weighted by Gasteiger charge is -2.29. The Morgan fingerprint density at radius 2 is 2.04 bits per heavy atom. The number of guanidine groups is 1. The summed E-state index contributed by atoms with van der Waals surface area (Å²) < 4.78 is 0. The van der Waals surface area contributed by atoms with Gasteiger partial charge >= 0.3 is 0 Å². The zero-order valence-corrected chi connectivity index (χ0v) is 18.1. The number of aliphatic hydroxyl groups is 1. The predicted molar refractivity (Wildman–Crippen MR) is 118 cm³/mol. The highest BCUT2D eigenvalue weighted by Crippen LogP contribution is 2.28. The quantitative estimate of drug-likeness (QED) is 0.333. The molecule has 2 saturated heterocycles. The normalized spacial score (nSPS) is 21.1. The fourth-order valence-corrected chi connectivity index (χ4v) is 4.94. The van der Waals surface area contributed by atoms with Crippen LogP contribution in [0.2, 0.25) is 0 Å². The van der Waals surface area contributed by atoms with Crippen molar-refractivity contribution in [2.24, 2.45) is 4.99 Å². The van der Waals surface area contributed by atoms with Crippen LogP contribution in [0.4, 0.5) is 0 Å². The van der Waals surface area contributed by atoms with Crippen molar-refractivity contribution in [2.45, 2.75) is 51.2 Å². The standard InChI is InChI=1S/C21H37N5OS/c1-2-22-21(23-10-6-11-25-14-8-18(27)9-15-25)24-17-19(20-7-5-16-28-20)26-12-3-4-13-26/h5,7,16,18-19,27H,2-4,6,8-15,17H2,1H3,(H2,22,23,24). The fraction of sp³-hybridized carbons (Fsp3) is 0.762. The van der Waals surface area contributed by atoms with Gasteiger partial charge in [-0.05, 0) is 70.1 Å². The molecule has 0 amide bonds. The number of likely N-dealkylation sites (tertiary alicyclic amines) is 2. The minimum atomic E-state index is -0.0891. The van der Waals surface area contributed by atoms with Gasteiger partial charge in [-0.1, -0.05) is 6.07 Å². The highest BCUT2D eigenvalue weighted by atomic mass is 32.1. The zero-order valence-electron chi connectivity index (χ0n) is 17.3. The zero-order chi connectivity index (χ0) is 19.6. The number of nitrogens with zero attached hydrogens (tertiary/aromatic N) is 3. The van der Waals surface area contributed by atoms with E-state index in [1.807, 2.05) is 11.3 Å². The second kappa shape index (κ2) is 11.8. The van der Waals surface area contributed by atoms with Crippen molar-refractivity contribution in [1.82, 2.24) is 20.4 Å². The molecule has 0 aliphatic carbocycles. The molecule has 6 nitrogen and oxygen atoms in total. The third kappa shape index (κ3) is 6.72. The summed E-state index contributed by atoms with van der Waals surface area (Å²) in [6.07, 6.45) is 5.44. The summed E-state index contributed by atoms with van der Waals surface area (Å²) in [5.74, 6) is 0.928. The number of aliphatic hydroxyl groups excluding tert-OH is 1. The van der Waals surface area contributed by atoms with E-state index in [-0.39, 0.29) is 6.10 Å². The van der Waals surface area contributed by atoms with Crippen LogP contribution in [-0.2, 0) is 0 Å². The Morgan fingerprint density at radius 1 is 1.25 bits per heavy atom. The first-order valence-electron chi connectivity index (χ1n) is 11.0. The molecular weight excluding hydrogens is 370 g/mol. The molecule has 0 radical (unpaired) electrons. The van der Waals surface area contributed by atoms with Crippen molar-refractivity contribution in [3.05, 3.63) is 22.4 Å². The minimum absolute atomic E-state index is 0.0891. The van der Waals surface area contributed by atoms with Gasteiger partial charge in [-0.3, -0.25) is 9.89 Å². The number of thiophene rings is 1. The van der Waals surface area contributed by atoms with Gasteiger partial charge < -0.3 is 20.6 Å². The van der Waals surface area contributed by atoms with Gasteiger partial charge in [0.05, 0.1) is 18.7 Å². The van der Waals surface area contributed by atoms with Crippen molar-refractivity contribution in [1.29, 1.82) is 0 Å². The molecule has 0 spiro atoms. The lowest BCUT2D eigenvalue weighted by atomic mass is 10.1. The number of rotatable bonds is 9. The van der Waals surface area contributed by atoms with Crippen molar-refractivity contribution >= 4 is 17.3 Å². The molecule has 1 aromatic rings. The molecule has 2 fully saturated rings. The van der Waals surface area contributed by atoms with Crippen LogP contribution >= 0.6 is 11.3 Å². The molecule has 1 aromatic heterocycles. The second-order valence-corrected chi connectivity index (χ2v) is 8.83. The van der Waals surface area contributed by atoms with E-state index in [9.17, 15) is 5.11 Å². The van der Waals surface area contributed by atoms with E-state index < -0.39 is 0 Å². The summed E-state index contributed by atoms with van der Waals surface area (Å²) in [7, 11) is 0. The molecule has 7 heteroatoms. The number of hydrogen-bond acceptors (Lipinski definition) is 5. The van der Waals surface area contributed by atoms with Crippen LogP contribution in [0.1, 0.15) is 49.9 Å². The highest BCUT2D eigenvalue weighted by molar-refractivity contribution is 7.10. The van der Waals surface area contributed by atoms with E-state index in [1.165, 1.54) is 30.8 Å². The summed E-state index contributed by atoms with van der Waals surface area (Å²) in [4.78, 5) is 11.4. The molecule has 3 rings (SSSR count). The van der Waals surface area contributed by atoms with Crippen LogP contribution in [0.5, 0.6) is 0 Å². The average Bonchev–Trinajstić information content (AvgIpc) is 3.41. The van der Waals surface area contributed by atoms with Gasteiger partial charge in [0.1, 0.15) is 0 Å². The molecule has 2 aliphatic heterocycles. The number of hydrogen-bond donors (Lipinski definition) is 3. The second-order valence-electron chi connectivity index (χ2n) is 7.85. The Labute approximate surface area is 174 Å². The lowest BCUT2D eigenvalue weighted by molar-refractivity contribution is 0.0823. The summed E-state index contributed by atoms with van der Waals surface area (Å²) >= 11 is 1.85. The van der Waals surface area contributed by atoms with Crippen molar-refractivity contribution in [3.63, 3.8) is 0 Å². The first-order chi connectivity index (χ1) is 13.8. The van der Waals surface area contributed by atoms with Crippen LogP contribution in [0, 0.1) is 0 Å². The maximum Gasteiger partial charge on any atom is 0.191 e. The molecule has 3 heterocycles. The van der Waals surface area contributed by atoms with Gasteiger partial charge in [-0.15, -0.1) is 11.3 Å². The van der Waals surface area contributed by atoms with Crippen LogP contribution in [0.25, 0.3) is 0 Å². The van der Waals surface area contributed by atoms with Crippen molar-refractivity contribution in [3.8, 4) is 0 Å². The third-order valence-electron chi connectivity index (χ3n) is 5.72. The van der Waals surface area contributed by atoms with Gasteiger partial charge in [0.25, 0.3) is 0 Å². The topological polar surface area (TPSA) is 63.1 Å². The molecule has 0 saturated carbocycles. The predicted octanol–water partition coefficient (Wildman–Crippen LogP) is 2.29. The molecule has 1 unspecified atom stereocenters. The van der Waals surface area contributed by atoms with Gasteiger partial charge in [0.2, 0.25) is 0 Å². The van der Waals surface area contributed by atoms with E-state index in [1.54, 1.807) is 0 Å². The van der Waals surface area contributed by atoms with Gasteiger partial charge in [-0.2, -0.15) is 0 Å². The Balaban J connectivity index is 1.46. The summed E-state index contributed by atoms with van der Waals surface area (Å²) in [5.41, 5.74) is 0. The third-order valence-corrected chi connectivity index (χ3v) is 6.69. The van der Waals surface area contributed by atoms with Crippen LogP contribution in [-0.4, -0.2) is 79.3 Å². The Hall–Kier alpha value is -1.15. The fourth-order valence-electron chi connectivity index (χ4n) is 4.09. The maximum atomic E-state index is 9.62. The first kappa shape index (κ1) is 21.6. The molecule has 28 heavy (non-hydrogen) atoms. The van der Waals surface area contributed by atoms with Gasteiger partial charge in [0, 0.05) is 31.1 Å². The highest BCUT2D eigenvalue weighted by Gasteiger charge is 2.24. The van der Waals surface area contributed by atoms with Crippen molar-refractivity contribution in [2.75, 3.05) is 52.4 Å². The van der Waals surface area contributed by atoms with Crippen molar-refractivity contribution < 1.29 is 5.11 Å². The minimum Gasteiger partial charge on any atom is -0.393 e. The van der Waals surface area contributed by atoms with Gasteiger partial charge in [-0.25, -0.2) is 0 Å². The Kier molecular flexibility index (Phi) is 9.05. The van der Waals surface area contributed by atoms with Gasteiger partial charge in [0.15, 0.2) is 5.96 Å². The lowest BCUT2D eigenvalue weighted by Crippen LogP contribution is -2.41. The van der Waals surface area contributed by atoms with Crippen LogP contribution in [0.15, 0.2) is 22.5 Å². The van der Waals surface area contributed by atoms with E-state index in [0.717, 1.165) is 64.5 Å². The molecule has 1 atom stereocenters. The SMILES string of the molecule is CCNC(=NCC(c1cccs1)N1CCCC1)NCCCN1CCC(O)CC1. The largest absolute Gasteiger partial charge is 0.393 e. The summed E-state index contributed by atoms with van der Waals surface area (Å²) in [6.45, 7) is 10.2. The number of aliphatic imine (C=N–C) groups is 1. The molecule has 158 valence electrons. The van der Waals surface area contributed by atoms with E-state index in [0.29, 0.717) is 6.04 Å². The van der Waals surface area contributed by atoms with Crippen LogP contribution in [0.3, 0.4) is 0 Å². The summed E-state index contributed by atoms with van der Waals surface area (Å²) in [5, 5.41) is 18.7. The average molecular weight is 408 g/mol. The van der Waals surface area contributed by atoms with E-state index in [4.69, 9.17) is 4.99 Å². The number of nitrogens with one attached hydrogen (secondary N) is 2. The maximum absolute atomic E-state index is 9.62. The van der Waals surface area contributed by atoms with E-state index >= 15 is 0 Å². The number of piperidine rings is 1. The van der Waals surface area contributed by atoms with E-state index in [2.05, 4.69) is 44.9 Å². The van der Waals surface area contributed by atoms with Crippen LogP contribution < -0.4 is 10.6 Å². The smallest absolute Gasteiger partial charge is 0.191 e. The molecular formula is C21H37N5OS. The molecule has 0 aromatic carbocycles. The Morgan fingerprint density at radius 3 is 2.71 bits per heavy atom. The molecule has 2 aliphatic rings. The molecule has 3 N–H and O–H groups in total. The first-order valence-corrected chi connectivity index (χ1v) is 11.8. The monoisotopic (exact) mass is 407 g/mol. The Bertz CT molecular complexity index is 565. The summed E-state index contributed by atoms with van der Waals surface area (Å²) in [6, 6.07) is 4.80. The molecule has 0 bridgehead atoms.